The Labute approximate surface area is 147 Å². The summed E-state index contributed by atoms with van der Waals surface area (Å²) >= 11 is 0. The van der Waals surface area contributed by atoms with Crippen molar-refractivity contribution in [2.45, 2.75) is 50.3 Å². The fourth-order valence-corrected chi connectivity index (χ4v) is 4.47. The van der Waals surface area contributed by atoms with Gasteiger partial charge in [0.25, 0.3) is 0 Å². The predicted molar refractivity (Wildman–Crippen MR) is 102 cm³/mol. The van der Waals surface area contributed by atoms with E-state index in [1.165, 1.54) is 34.6 Å². The zero-order valence-corrected chi connectivity index (χ0v) is 15.3. The Hall–Kier alpha value is -1.58. The molecule has 0 saturated carbocycles. The molecule has 1 aliphatic heterocycles. The highest BCUT2D eigenvalue weighted by Crippen LogP contribution is 2.35. The number of rotatable bonds is 4. The van der Waals surface area contributed by atoms with Crippen molar-refractivity contribution in [3.05, 3.63) is 48.5 Å². The molecule has 2 nitrogen and oxygen atoms in total. The first-order valence-electron chi connectivity index (χ1n) is 9.05. The average molecular weight is 335 g/mol. The number of hydrogen-bond acceptors (Lipinski definition) is 1. The third-order valence-corrected chi connectivity index (χ3v) is 6.02. The van der Waals surface area contributed by atoms with Crippen LogP contribution in [0.15, 0.2) is 48.5 Å². The van der Waals surface area contributed by atoms with Gasteiger partial charge in [-0.2, -0.15) is 0 Å². The van der Waals surface area contributed by atoms with Crippen LogP contribution in [0, 0.1) is 0 Å². The Kier molecular flexibility index (Phi) is 4.23. The van der Waals surface area contributed by atoms with Gasteiger partial charge < -0.3 is 9.30 Å². The first kappa shape index (κ1) is 15.9. The van der Waals surface area contributed by atoms with E-state index in [9.17, 15) is 0 Å². The molecule has 0 aliphatic carbocycles. The van der Waals surface area contributed by atoms with Gasteiger partial charge in [0.2, 0.25) is 0 Å². The summed E-state index contributed by atoms with van der Waals surface area (Å²) in [5, 5.41) is 2.58. The fraction of sp³-hybridized carbons (Fsp3) is 0.429. The molecule has 1 saturated heterocycles. The predicted octanol–water partition coefficient (Wildman–Crippen LogP) is 5.20. The second-order valence-electron chi connectivity index (χ2n) is 7.09. The maximum atomic E-state index is 6.01. The monoisotopic (exact) mass is 334 g/mol. The Bertz CT molecular complexity index is 794. The van der Waals surface area contributed by atoms with Crippen molar-refractivity contribution in [2.75, 3.05) is 6.61 Å². The highest BCUT2D eigenvalue weighted by Gasteiger charge is 2.28. The lowest BCUT2D eigenvalue weighted by Crippen LogP contribution is -2.37. The number of benzene rings is 2. The summed E-state index contributed by atoms with van der Waals surface area (Å²) in [6.07, 6.45) is 5.71. The summed E-state index contributed by atoms with van der Waals surface area (Å²) in [6, 6.07) is 17.9. The topological polar surface area (TPSA) is 14.2 Å². The number of nitrogens with zero attached hydrogens (tertiary/aromatic N) is 1. The summed E-state index contributed by atoms with van der Waals surface area (Å²) in [6.45, 7) is 3.21. The Morgan fingerprint density at radius 1 is 1.04 bits per heavy atom. The smallest absolute Gasteiger partial charge is 0.0705 e. The van der Waals surface area contributed by atoms with Crippen molar-refractivity contribution < 1.29 is 4.74 Å². The van der Waals surface area contributed by atoms with Crippen molar-refractivity contribution >= 4 is 32.0 Å². The van der Waals surface area contributed by atoms with Gasteiger partial charge in [-0.1, -0.05) is 36.4 Å². The number of ether oxygens (including phenoxy) is 1. The van der Waals surface area contributed by atoms with E-state index in [4.69, 9.17) is 4.74 Å². The van der Waals surface area contributed by atoms with E-state index in [0.29, 0.717) is 6.04 Å². The van der Waals surface area contributed by atoms with Gasteiger partial charge in [-0.15, -0.1) is 0 Å². The molecule has 123 valence electrons. The van der Waals surface area contributed by atoms with Crippen LogP contribution in [0.5, 0.6) is 0 Å². The van der Waals surface area contributed by atoms with Crippen LogP contribution in [0.4, 0.5) is 0 Å². The van der Waals surface area contributed by atoms with Gasteiger partial charge in [-0.25, -0.2) is 0 Å². The normalized spacial score (nSPS) is 22.9. The molecule has 2 atom stereocenters. The van der Waals surface area contributed by atoms with E-state index in [0.717, 1.165) is 25.9 Å². The van der Waals surface area contributed by atoms with Crippen LogP contribution in [0.3, 0.4) is 0 Å². The molecular formula is C21H24NOSi. The quantitative estimate of drug-likeness (QED) is 0.598. The number of para-hydroxylation sites is 2. The minimum atomic E-state index is -0.120. The van der Waals surface area contributed by atoms with Crippen LogP contribution in [0.2, 0.25) is 0 Å². The van der Waals surface area contributed by atoms with E-state index in [1.54, 1.807) is 0 Å². The molecule has 2 aromatic carbocycles. The van der Waals surface area contributed by atoms with Crippen LogP contribution in [0.25, 0.3) is 21.8 Å². The molecule has 3 heteroatoms. The molecule has 1 aromatic heterocycles. The van der Waals surface area contributed by atoms with E-state index in [2.05, 4.69) is 70.3 Å². The maximum absolute atomic E-state index is 6.01. The molecular weight excluding hydrogens is 310 g/mol. The molecule has 0 amide bonds. The zero-order valence-electron chi connectivity index (χ0n) is 14.3. The Morgan fingerprint density at radius 2 is 1.67 bits per heavy atom. The van der Waals surface area contributed by atoms with Gasteiger partial charge in [-0.3, -0.25) is 0 Å². The van der Waals surface area contributed by atoms with Crippen LogP contribution < -0.4 is 0 Å². The van der Waals surface area contributed by atoms with Crippen molar-refractivity contribution in [2.24, 2.45) is 0 Å². The lowest BCUT2D eigenvalue weighted by atomic mass is 10.0. The second-order valence-corrected chi connectivity index (χ2v) is 8.00. The molecule has 0 spiro atoms. The van der Waals surface area contributed by atoms with Crippen LogP contribution in [0.1, 0.15) is 45.1 Å². The highest BCUT2D eigenvalue weighted by molar-refractivity contribution is 6.14. The fourth-order valence-electron chi connectivity index (χ4n) is 4.05. The van der Waals surface area contributed by atoms with E-state index in [-0.39, 0.29) is 5.22 Å². The van der Waals surface area contributed by atoms with Crippen LogP contribution in [-0.4, -0.2) is 26.6 Å². The van der Waals surface area contributed by atoms with Gasteiger partial charge in [0, 0.05) is 34.5 Å². The summed E-state index contributed by atoms with van der Waals surface area (Å²) in [5.41, 5.74) is 2.66. The van der Waals surface area contributed by atoms with Crippen molar-refractivity contribution in [3.63, 3.8) is 0 Å². The third-order valence-electron chi connectivity index (χ3n) is 5.38. The average Bonchev–Trinajstić information content (AvgIpc) is 2.95. The first-order valence-corrected chi connectivity index (χ1v) is 9.55. The Balaban J connectivity index is 1.67. The van der Waals surface area contributed by atoms with Crippen LogP contribution >= 0.6 is 0 Å². The van der Waals surface area contributed by atoms with E-state index in [1.807, 2.05) is 0 Å². The zero-order chi connectivity index (χ0) is 16.6. The van der Waals surface area contributed by atoms with Crippen molar-refractivity contribution in [3.8, 4) is 0 Å². The van der Waals surface area contributed by atoms with Gasteiger partial charge >= 0.3 is 0 Å². The molecule has 0 N–H and O–H groups in total. The standard InChI is InChI=1S/C21H24NOSi/c1-16(12-14-21(24)13-6-7-15-23-21)22-19-10-4-2-8-17(19)18-9-3-5-11-20(18)22/h2-5,8-11,16H,6-7,12-15H2,1H3. The summed E-state index contributed by atoms with van der Waals surface area (Å²) in [5.74, 6) is 0. The van der Waals surface area contributed by atoms with Gasteiger partial charge in [0.05, 0.1) is 15.5 Å². The van der Waals surface area contributed by atoms with Gasteiger partial charge in [-0.05, 0) is 51.2 Å². The molecule has 3 aromatic rings. The highest BCUT2D eigenvalue weighted by atomic mass is 28.1. The second kappa shape index (κ2) is 6.38. The van der Waals surface area contributed by atoms with Crippen molar-refractivity contribution in [1.29, 1.82) is 0 Å². The lowest BCUT2D eigenvalue weighted by molar-refractivity contribution is -0.0253. The Morgan fingerprint density at radius 3 is 2.25 bits per heavy atom. The summed E-state index contributed by atoms with van der Waals surface area (Å²) in [7, 11) is 3.91. The third kappa shape index (κ3) is 2.80. The van der Waals surface area contributed by atoms with E-state index >= 15 is 0 Å². The molecule has 4 rings (SSSR count). The van der Waals surface area contributed by atoms with Crippen molar-refractivity contribution in [1.82, 2.24) is 4.57 Å². The first-order chi connectivity index (χ1) is 11.7. The molecule has 1 fully saturated rings. The molecule has 3 radical (unpaired) electrons. The molecule has 1 aliphatic rings. The largest absolute Gasteiger partial charge is 0.379 e. The molecule has 24 heavy (non-hydrogen) atoms. The molecule has 2 heterocycles. The number of fused-ring (bicyclic) bond motifs is 3. The molecule has 0 bridgehead atoms. The SMILES string of the molecule is CC(CCC1([Si])CCCCO1)n1c2ccccc2c2ccccc21. The minimum absolute atomic E-state index is 0.120. The summed E-state index contributed by atoms with van der Waals surface area (Å²) < 4.78 is 8.52. The summed E-state index contributed by atoms with van der Waals surface area (Å²) in [4.78, 5) is 0. The van der Waals surface area contributed by atoms with Gasteiger partial charge in [0.1, 0.15) is 0 Å². The van der Waals surface area contributed by atoms with Crippen LogP contribution in [-0.2, 0) is 4.74 Å². The number of aromatic nitrogens is 1. The number of hydrogen-bond donors (Lipinski definition) is 0. The molecule has 2 unspecified atom stereocenters. The maximum Gasteiger partial charge on any atom is 0.0705 e. The van der Waals surface area contributed by atoms with Gasteiger partial charge in [0.15, 0.2) is 0 Å². The lowest BCUT2D eigenvalue weighted by Gasteiger charge is -2.35. The minimum Gasteiger partial charge on any atom is -0.379 e. The van der Waals surface area contributed by atoms with E-state index < -0.39 is 0 Å².